The predicted octanol–water partition coefficient (Wildman–Crippen LogP) is 13.7. The number of thiophene rings is 1. The predicted molar refractivity (Wildman–Crippen MR) is 239 cm³/mol. The molecule has 0 bridgehead atoms. The molecule has 10 aromatic rings. The van der Waals surface area contributed by atoms with Gasteiger partial charge in [-0.3, -0.25) is 0 Å². The number of para-hydroxylation sites is 2. The number of fused-ring (bicyclic) bond motifs is 16. The van der Waals surface area contributed by atoms with E-state index in [1.807, 2.05) is 11.3 Å². The van der Waals surface area contributed by atoms with Crippen LogP contribution in [0.3, 0.4) is 0 Å². The van der Waals surface area contributed by atoms with Crippen LogP contribution in [0.15, 0.2) is 194 Å². The Balaban J connectivity index is 1.07. The number of benzene rings is 8. The van der Waals surface area contributed by atoms with Gasteiger partial charge in [-0.15, -0.1) is 11.3 Å². The third-order valence-electron chi connectivity index (χ3n) is 12.8. The van der Waals surface area contributed by atoms with Crippen LogP contribution in [0.5, 0.6) is 0 Å². The van der Waals surface area contributed by atoms with Crippen molar-refractivity contribution in [2.24, 2.45) is 0 Å². The van der Waals surface area contributed by atoms with E-state index < -0.39 is 5.41 Å². The fraction of sp³-hybridized carbons (Fsp3) is 0.0370. The van der Waals surface area contributed by atoms with Crippen LogP contribution in [-0.4, -0.2) is 4.57 Å². The highest BCUT2D eigenvalue weighted by atomic mass is 32.1. The first-order chi connectivity index (χ1) is 28.3. The molecule has 1 aliphatic carbocycles. The molecule has 0 saturated heterocycles. The minimum atomic E-state index is -0.528. The summed E-state index contributed by atoms with van der Waals surface area (Å²) in [6.07, 6.45) is 6.73. The van der Waals surface area contributed by atoms with Gasteiger partial charge in [-0.25, -0.2) is 0 Å². The van der Waals surface area contributed by atoms with Crippen LogP contribution in [0, 0.1) is 0 Å². The second-order valence-corrected chi connectivity index (χ2v) is 16.7. The fourth-order valence-corrected chi connectivity index (χ4v) is 11.7. The van der Waals surface area contributed by atoms with Crippen LogP contribution >= 0.6 is 11.3 Å². The van der Waals surface area contributed by atoms with Gasteiger partial charge < -0.3 is 9.88 Å². The van der Waals surface area contributed by atoms with Crippen LogP contribution in [-0.2, 0) is 5.41 Å². The van der Waals surface area contributed by atoms with Crippen LogP contribution in [0.4, 0.5) is 0 Å². The third kappa shape index (κ3) is 4.14. The van der Waals surface area contributed by atoms with Gasteiger partial charge in [0.05, 0.1) is 28.2 Å². The molecule has 2 unspecified atom stereocenters. The van der Waals surface area contributed by atoms with Gasteiger partial charge in [0.2, 0.25) is 0 Å². The average Bonchev–Trinajstić information content (AvgIpc) is 3.93. The zero-order chi connectivity index (χ0) is 37.2. The molecule has 1 spiro atoms. The van der Waals surface area contributed by atoms with Gasteiger partial charge in [-0.2, -0.15) is 0 Å². The summed E-state index contributed by atoms with van der Waals surface area (Å²) in [7, 11) is 0. The Hall–Kier alpha value is -6.94. The molecule has 2 nitrogen and oxygen atoms in total. The Kier molecular flexibility index (Phi) is 6.34. The smallest absolute Gasteiger partial charge is 0.0754 e. The SMILES string of the molecule is C1=CC(c2ccc3c(c2)C2(c4ccccc4-3)c3ccccc3-n3c4ccccc4c4c5sc6ccccc6c5cc2c43)NC(c2cccc(-c3ccccc3)c2)=C1. The minimum Gasteiger partial charge on any atom is -0.374 e. The van der Waals surface area contributed by atoms with Crippen molar-refractivity contribution in [3.63, 3.8) is 0 Å². The summed E-state index contributed by atoms with van der Waals surface area (Å²) in [6.45, 7) is 0. The molecule has 1 N–H and O–H groups in total. The summed E-state index contributed by atoms with van der Waals surface area (Å²) in [5.41, 5.74) is 17.3. The molecule has 3 aliphatic rings. The van der Waals surface area contributed by atoms with E-state index in [1.165, 1.54) is 103 Å². The van der Waals surface area contributed by atoms with Gasteiger partial charge in [0.25, 0.3) is 0 Å². The van der Waals surface area contributed by atoms with Gasteiger partial charge in [0, 0.05) is 36.6 Å². The van der Waals surface area contributed by atoms with E-state index in [9.17, 15) is 0 Å². The van der Waals surface area contributed by atoms with Gasteiger partial charge in [-0.1, -0.05) is 158 Å². The summed E-state index contributed by atoms with van der Waals surface area (Å²) in [4.78, 5) is 0. The summed E-state index contributed by atoms with van der Waals surface area (Å²) in [6, 6.07) is 65.7. The van der Waals surface area contributed by atoms with E-state index in [0.717, 1.165) is 5.70 Å². The van der Waals surface area contributed by atoms with E-state index in [4.69, 9.17) is 0 Å². The Bertz CT molecular complexity index is 3400. The summed E-state index contributed by atoms with van der Waals surface area (Å²) < 4.78 is 5.27. The van der Waals surface area contributed by atoms with E-state index in [0.29, 0.717) is 0 Å². The number of nitrogens with zero attached hydrogens (tertiary/aromatic N) is 1. The highest BCUT2D eigenvalue weighted by molar-refractivity contribution is 7.26. The summed E-state index contributed by atoms with van der Waals surface area (Å²) in [5, 5.41) is 9.29. The lowest BCUT2D eigenvalue weighted by atomic mass is 9.65. The standard InChI is InChI=1S/C54H34N2S/c1-2-14-33(15-3-1)34-16-12-17-35(30-34)46-23-13-24-47(55-46)36-28-29-38-37-18-4-7-21-42(37)54(44(38)31-36)43-22-8-10-26-49(43)56-48-25-9-5-20-40(48)51-52(56)45(54)32-41-39-19-6-11-27-50(39)57-53(41)51/h1-32,47,55H. The van der Waals surface area contributed by atoms with Crippen molar-refractivity contribution in [1.29, 1.82) is 0 Å². The van der Waals surface area contributed by atoms with Crippen molar-refractivity contribution in [2.75, 3.05) is 0 Å². The number of rotatable bonds is 3. The number of aromatic nitrogens is 1. The van der Waals surface area contributed by atoms with Crippen molar-refractivity contribution in [3.05, 3.63) is 228 Å². The lowest BCUT2D eigenvalue weighted by Crippen LogP contribution is -2.33. The maximum Gasteiger partial charge on any atom is 0.0754 e. The maximum absolute atomic E-state index is 3.95. The van der Waals surface area contributed by atoms with Crippen molar-refractivity contribution >= 4 is 59.0 Å². The zero-order valence-corrected chi connectivity index (χ0v) is 31.7. The highest BCUT2D eigenvalue weighted by Crippen LogP contribution is 2.62. The van der Waals surface area contributed by atoms with Crippen molar-refractivity contribution in [2.45, 2.75) is 11.5 Å². The molecule has 2 aromatic heterocycles. The van der Waals surface area contributed by atoms with Gasteiger partial charge in [0.1, 0.15) is 0 Å². The summed E-state index contributed by atoms with van der Waals surface area (Å²) in [5.74, 6) is 0. The van der Waals surface area contributed by atoms with E-state index in [2.05, 4.69) is 204 Å². The Labute approximate surface area is 334 Å². The first-order valence-electron chi connectivity index (χ1n) is 19.8. The van der Waals surface area contributed by atoms with E-state index >= 15 is 0 Å². The van der Waals surface area contributed by atoms with Crippen LogP contribution in [0.1, 0.15) is 39.4 Å². The lowest BCUT2D eigenvalue weighted by molar-refractivity contribution is 0.733. The number of hydrogen-bond donors (Lipinski definition) is 1. The van der Waals surface area contributed by atoms with Crippen LogP contribution < -0.4 is 5.32 Å². The Morgan fingerprint density at radius 1 is 0.526 bits per heavy atom. The third-order valence-corrected chi connectivity index (χ3v) is 14.0. The maximum atomic E-state index is 3.95. The Morgan fingerprint density at radius 2 is 1.26 bits per heavy atom. The van der Waals surface area contributed by atoms with Crippen LogP contribution in [0.2, 0.25) is 0 Å². The largest absolute Gasteiger partial charge is 0.374 e. The van der Waals surface area contributed by atoms with Crippen LogP contribution in [0.25, 0.3) is 75.6 Å². The van der Waals surface area contributed by atoms with Crippen molar-refractivity contribution < 1.29 is 0 Å². The molecule has 266 valence electrons. The number of dihydropyridines is 1. The fourth-order valence-electron chi connectivity index (χ4n) is 10.5. The average molecular weight is 743 g/mol. The van der Waals surface area contributed by atoms with Crippen molar-refractivity contribution in [3.8, 4) is 27.9 Å². The molecule has 2 aliphatic heterocycles. The summed E-state index contributed by atoms with van der Waals surface area (Å²) >= 11 is 1.93. The first-order valence-corrected chi connectivity index (χ1v) is 20.6. The number of nitrogens with one attached hydrogen (secondary N) is 1. The quantitative estimate of drug-likeness (QED) is 0.191. The molecule has 0 radical (unpaired) electrons. The minimum absolute atomic E-state index is 0.00467. The highest BCUT2D eigenvalue weighted by Gasteiger charge is 2.51. The molecular weight excluding hydrogens is 709 g/mol. The molecule has 3 heteroatoms. The number of hydrogen-bond acceptors (Lipinski definition) is 2. The topological polar surface area (TPSA) is 17.0 Å². The molecular formula is C54H34N2S. The van der Waals surface area contributed by atoms with Gasteiger partial charge >= 0.3 is 0 Å². The van der Waals surface area contributed by atoms with E-state index in [1.54, 1.807) is 0 Å². The van der Waals surface area contributed by atoms with Gasteiger partial charge in [0.15, 0.2) is 0 Å². The molecule has 57 heavy (non-hydrogen) atoms. The molecule has 0 fully saturated rings. The second-order valence-electron chi connectivity index (χ2n) is 15.6. The Morgan fingerprint density at radius 3 is 2.19 bits per heavy atom. The van der Waals surface area contributed by atoms with E-state index in [-0.39, 0.29) is 6.04 Å². The first kappa shape index (κ1) is 31.3. The molecule has 0 amide bonds. The molecule has 2 atom stereocenters. The second kappa shape index (κ2) is 11.5. The monoisotopic (exact) mass is 742 g/mol. The molecule has 8 aromatic carbocycles. The molecule has 4 heterocycles. The van der Waals surface area contributed by atoms with Crippen molar-refractivity contribution in [1.82, 2.24) is 9.88 Å². The molecule has 0 saturated carbocycles. The lowest BCUT2D eigenvalue weighted by Gasteiger charge is -2.40. The zero-order valence-electron chi connectivity index (χ0n) is 30.9. The van der Waals surface area contributed by atoms with Gasteiger partial charge in [-0.05, 0) is 92.0 Å². The molecule has 13 rings (SSSR count). The number of allylic oxidation sites excluding steroid dienone is 2. The normalized spacial score (nSPS) is 17.5.